The maximum absolute atomic E-state index is 11.7. The maximum atomic E-state index is 11.7. The molecule has 0 saturated carbocycles. The van der Waals surface area contributed by atoms with Gasteiger partial charge in [-0.15, -0.1) is 5.10 Å². The minimum atomic E-state index is -1.16. The van der Waals surface area contributed by atoms with Crippen molar-refractivity contribution in [3.05, 3.63) is 65.0 Å². The Hall–Kier alpha value is -3.35. The van der Waals surface area contributed by atoms with Crippen molar-refractivity contribution in [1.82, 2.24) is 15.0 Å². The van der Waals surface area contributed by atoms with E-state index in [-0.39, 0.29) is 12.3 Å². The summed E-state index contributed by atoms with van der Waals surface area (Å²) >= 11 is 0. The molecule has 132 valence electrons. The number of aromatic carboxylic acids is 1. The third-order valence-corrected chi connectivity index (χ3v) is 4.46. The van der Waals surface area contributed by atoms with Gasteiger partial charge in [-0.25, -0.2) is 9.48 Å². The van der Waals surface area contributed by atoms with Gasteiger partial charge < -0.3 is 14.6 Å². The van der Waals surface area contributed by atoms with E-state index in [0.717, 1.165) is 16.8 Å². The standard InChI is InChI=1S/C19H17N3O4/c1-11-7-8-13(9-12(11)2)22-18(17(19(23)24)20-21-22)16-10-25-14-5-3-4-6-15(14)26-16/h3-9,16H,10H2,1-2H3,(H,23,24). The molecule has 1 N–H and O–H groups in total. The van der Waals surface area contributed by atoms with Gasteiger partial charge in [0.2, 0.25) is 0 Å². The van der Waals surface area contributed by atoms with Gasteiger partial charge in [0, 0.05) is 0 Å². The molecule has 0 spiro atoms. The van der Waals surface area contributed by atoms with Crippen molar-refractivity contribution in [3.63, 3.8) is 0 Å². The fourth-order valence-corrected chi connectivity index (χ4v) is 2.93. The Kier molecular flexibility index (Phi) is 3.84. The first-order valence-corrected chi connectivity index (χ1v) is 8.19. The highest BCUT2D eigenvalue weighted by Gasteiger charge is 2.32. The monoisotopic (exact) mass is 351 g/mol. The average molecular weight is 351 g/mol. The van der Waals surface area contributed by atoms with Gasteiger partial charge in [0.25, 0.3) is 0 Å². The van der Waals surface area contributed by atoms with Crippen LogP contribution in [0.15, 0.2) is 42.5 Å². The van der Waals surface area contributed by atoms with Crippen molar-refractivity contribution in [2.45, 2.75) is 20.0 Å². The molecule has 0 amide bonds. The summed E-state index contributed by atoms with van der Waals surface area (Å²) in [5.74, 6) is 0.0382. The summed E-state index contributed by atoms with van der Waals surface area (Å²) in [5.41, 5.74) is 3.16. The van der Waals surface area contributed by atoms with E-state index in [1.165, 1.54) is 4.68 Å². The second-order valence-electron chi connectivity index (χ2n) is 6.17. The normalized spacial score (nSPS) is 15.7. The minimum Gasteiger partial charge on any atom is -0.485 e. The molecule has 4 rings (SSSR count). The van der Waals surface area contributed by atoms with Crippen molar-refractivity contribution in [1.29, 1.82) is 0 Å². The van der Waals surface area contributed by atoms with E-state index in [1.807, 2.05) is 50.2 Å². The van der Waals surface area contributed by atoms with E-state index in [1.54, 1.807) is 6.07 Å². The van der Waals surface area contributed by atoms with Crippen LogP contribution < -0.4 is 9.47 Å². The second kappa shape index (κ2) is 6.18. The predicted molar refractivity (Wildman–Crippen MR) is 93.1 cm³/mol. The van der Waals surface area contributed by atoms with Gasteiger partial charge in [-0.05, 0) is 49.2 Å². The molecule has 1 aliphatic heterocycles. The summed E-state index contributed by atoms with van der Waals surface area (Å²) in [6, 6.07) is 13.1. The highest BCUT2D eigenvalue weighted by Crippen LogP contribution is 2.37. The van der Waals surface area contributed by atoms with Gasteiger partial charge in [-0.3, -0.25) is 0 Å². The van der Waals surface area contributed by atoms with E-state index in [4.69, 9.17) is 9.47 Å². The fourth-order valence-electron chi connectivity index (χ4n) is 2.93. The number of carboxylic acid groups (broad SMARTS) is 1. The lowest BCUT2D eigenvalue weighted by Crippen LogP contribution is -2.25. The van der Waals surface area contributed by atoms with Gasteiger partial charge in [-0.2, -0.15) is 0 Å². The lowest BCUT2D eigenvalue weighted by molar-refractivity contribution is 0.0661. The highest BCUT2D eigenvalue weighted by molar-refractivity contribution is 5.86. The third kappa shape index (κ3) is 2.67. The lowest BCUT2D eigenvalue weighted by atomic mass is 10.1. The van der Waals surface area contributed by atoms with Crippen LogP contribution in [0.25, 0.3) is 5.69 Å². The van der Waals surface area contributed by atoms with E-state index in [9.17, 15) is 9.90 Å². The fraction of sp³-hybridized carbons (Fsp3) is 0.211. The number of rotatable bonds is 3. The molecule has 3 aromatic rings. The maximum Gasteiger partial charge on any atom is 0.358 e. The smallest absolute Gasteiger partial charge is 0.358 e. The van der Waals surface area contributed by atoms with Gasteiger partial charge in [0.15, 0.2) is 23.3 Å². The zero-order valence-corrected chi connectivity index (χ0v) is 14.3. The van der Waals surface area contributed by atoms with Crippen molar-refractivity contribution in [2.75, 3.05) is 6.61 Å². The summed E-state index contributed by atoms with van der Waals surface area (Å²) in [4.78, 5) is 11.7. The van der Waals surface area contributed by atoms with Crippen LogP contribution in [-0.4, -0.2) is 32.7 Å². The van der Waals surface area contributed by atoms with Crippen LogP contribution in [0.5, 0.6) is 11.5 Å². The zero-order valence-electron chi connectivity index (χ0n) is 14.3. The SMILES string of the molecule is Cc1ccc(-n2nnc(C(=O)O)c2C2COc3ccccc3O2)cc1C. The largest absolute Gasteiger partial charge is 0.485 e. The molecule has 0 radical (unpaired) electrons. The Morgan fingerprint density at radius 3 is 2.65 bits per heavy atom. The number of nitrogens with zero attached hydrogens (tertiary/aromatic N) is 3. The Balaban J connectivity index is 1.81. The molecule has 7 nitrogen and oxygen atoms in total. The lowest BCUT2D eigenvalue weighted by Gasteiger charge is -2.26. The van der Waals surface area contributed by atoms with E-state index in [2.05, 4.69) is 10.3 Å². The number of carboxylic acids is 1. The first kappa shape index (κ1) is 16.1. The van der Waals surface area contributed by atoms with Crippen molar-refractivity contribution >= 4 is 5.97 Å². The number of fused-ring (bicyclic) bond motifs is 1. The van der Waals surface area contributed by atoms with Crippen LogP contribution in [0, 0.1) is 13.8 Å². The molecule has 1 aliphatic rings. The molecule has 1 aromatic heterocycles. The molecule has 0 aliphatic carbocycles. The minimum absolute atomic E-state index is 0.142. The molecule has 26 heavy (non-hydrogen) atoms. The molecule has 0 bridgehead atoms. The average Bonchev–Trinajstić information content (AvgIpc) is 3.09. The van der Waals surface area contributed by atoms with Crippen LogP contribution in [0.4, 0.5) is 0 Å². The van der Waals surface area contributed by atoms with E-state index < -0.39 is 12.1 Å². The van der Waals surface area contributed by atoms with Gasteiger partial charge in [0.1, 0.15) is 12.3 Å². The summed E-state index contributed by atoms with van der Waals surface area (Å²) in [7, 11) is 0. The first-order chi connectivity index (χ1) is 12.5. The summed E-state index contributed by atoms with van der Waals surface area (Å²) in [6.07, 6.45) is -0.632. The van der Waals surface area contributed by atoms with Crippen LogP contribution in [0.3, 0.4) is 0 Å². The van der Waals surface area contributed by atoms with Gasteiger partial charge >= 0.3 is 5.97 Å². The quantitative estimate of drug-likeness (QED) is 0.780. The Morgan fingerprint density at radius 1 is 1.15 bits per heavy atom. The molecule has 1 unspecified atom stereocenters. The number of carbonyl (C=O) groups is 1. The van der Waals surface area contributed by atoms with Crippen LogP contribution in [-0.2, 0) is 0 Å². The summed E-state index contributed by atoms with van der Waals surface area (Å²) in [6.45, 7) is 4.18. The van der Waals surface area contributed by atoms with Crippen LogP contribution >= 0.6 is 0 Å². The topological polar surface area (TPSA) is 86.5 Å². The van der Waals surface area contributed by atoms with Crippen molar-refractivity contribution in [2.24, 2.45) is 0 Å². The number of benzene rings is 2. The summed E-state index contributed by atoms with van der Waals surface area (Å²) in [5, 5.41) is 17.5. The van der Waals surface area contributed by atoms with Gasteiger partial charge in [0.05, 0.1) is 5.69 Å². The number of hydrogen-bond donors (Lipinski definition) is 1. The number of aromatic nitrogens is 3. The number of aryl methyl sites for hydroxylation is 2. The Morgan fingerprint density at radius 2 is 1.92 bits per heavy atom. The number of ether oxygens (including phenoxy) is 2. The van der Waals surface area contributed by atoms with Crippen molar-refractivity contribution in [3.8, 4) is 17.2 Å². The number of para-hydroxylation sites is 2. The Labute approximate surface area is 149 Å². The van der Waals surface area contributed by atoms with Crippen LogP contribution in [0.1, 0.15) is 33.4 Å². The molecule has 0 saturated heterocycles. The molecule has 2 heterocycles. The second-order valence-corrected chi connectivity index (χ2v) is 6.17. The summed E-state index contributed by atoms with van der Waals surface area (Å²) < 4.78 is 13.2. The molecule has 2 aromatic carbocycles. The predicted octanol–water partition coefficient (Wildman–Crippen LogP) is 3.09. The van der Waals surface area contributed by atoms with Crippen LogP contribution in [0.2, 0.25) is 0 Å². The van der Waals surface area contributed by atoms with Crippen molar-refractivity contribution < 1.29 is 19.4 Å². The highest BCUT2D eigenvalue weighted by atomic mass is 16.6. The van der Waals surface area contributed by atoms with E-state index in [0.29, 0.717) is 17.2 Å². The third-order valence-electron chi connectivity index (χ3n) is 4.46. The molecular formula is C19H17N3O4. The molecule has 7 heteroatoms. The van der Waals surface area contributed by atoms with E-state index >= 15 is 0 Å². The molecular weight excluding hydrogens is 334 g/mol. The van der Waals surface area contributed by atoms with Gasteiger partial charge in [-0.1, -0.05) is 23.4 Å². The zero-order chi connectivity index (χ0) is 18.3. The first-order valence-electron chi connectivity index (χ1n) is 8.19. The molecule has 0 fully saturated rings. The number of hydrogen-bond acceptors (Lipinski definition) is 5. The molecule has 1 atom stereocenters. The Bertz CT molecular complexity index is 996.